The van der Waals surface area contributed by atoms with Gasteiger partial charge in [0.25, 0.3) is 0 Å². The van der Waals surface area contributed by atoms with Crippen molar-refractivity contribution in [2.45, 2.75) is 25.3 Å². The number of esters is 1. The molecule has 0 aromatic heterocycles. The number of benzene rings is 2. The van der Waals surface area contributed by atoms with Crippen molar-refractivity contribution >= 4 is 29.6 Å². The SMILES string of the molecule is CCOC(=O)[C@H](CCl)CC(=O)N1C(=O)OC[C@H]1C(c1ccccc1)c1ccccc1. The largest absolute Gasteiger partial charge is 0.466 e. The Labute approximate surface area is 180 Å². The lowest BCUT2D eigenvalue weighted by Crippen LogP contribution is -2.44. The van der Waals surface area contributed by atoms with Crippen LogP contribution in [0.3, 0.4) is 0 Å². The number of amides is 2. The highest BCUT2D eigenvalue weighted by atomic mass is 35.5. The van der Waals surface area contributed by atoms with Gasteiger partial charge in [-0.25, -0.2) is 9.69 Å². The highest BCUT2D eigenvalue weighted by molar-refractivity contribution is 6.19. The zero-order chi connectivity index (χ0) is 21.5. The lowest BCUT2D eigenvalue weighted by atomic mass is 9.84. The number of rotatable bonds is 8. The lowest BCUT2D eigenvalue weighted by molar-refractivity contribution is -0.150. The molecule has 0 N–H and O–H groups in total. The predicted molar refractivity (Wildman–Crippen MR) is 112 cm³/mol. The predicted octanol–water partition coefficient (Wildman–Crippen LogP) is 3.97. The smallest absolute Gasteiger partial charge is 0.417 e. The molecule has 30 heavy (non-hydrogen) atoms. The van der Waals surface area contributed by atoms with E-state index >= 15 is 0 Å². The maximum absolute atomic E-state index is 13.1. The fraction of sp³-hybridized carbons (Fsp3) is 0.348. The number of cyclic esters (lactones) is 1. The molecule has 158 valence electrons. The van der Waals surface area contributed by atoms with Crippen LogP contribution in [0.2, 0.25) is 0 Å². The number of halogens is 1. The first kappa shape index (κ1) is 21.8. The van der Waals surface area contributed by atoms with Gasteiger partial charge in [0.2, 0.25) is 5.91 Å². The summed E-state index contributed by atoms with van der Waals surface area (Å²) in [5.74, 6) is -2.20. The number of carbonyl (C=O) groups excluding carboxylic acids is 3. The third-order valence-corrected chi connectivity index (χ3v) is 5.48. The number of hydrogen-bond acceptors (Lipinski definition) is 5. The average molecular weight is 430 g/mol. The Balaban J connectivity index is 1.91. The molecule has 0 radical (unpaired) electrons. The van der Waals surface area contributed by atoms with Crippen molar-refractivity contribution in [2.75, 3.05) is 19.1 Å². The molecule has 2 aromatic carbocycles. The van der Waals surface area contributed by atoms with E-state index in [1.807, 2.05) is 60.7 Å². The molecule has 3 rings (SSSR count). The molecular weight excluding hydrogens is 406 g/mol. The van der Waals surface area contributed by atoms with Crippen molar-refractivity contribution in [2.24, 2.45) is 5.92 Å². The second-order valence-corrected chi connectivity index (χ2v) is 7.32. The quantitative estimate of drug-likeness (QED) is 0.469. The van der Waals surface area contributed by atoms with E-state index in [4.69, 9.17) is 21.1 Å². The number of alkyl halides is 1. The van der Waals surface area contributed by atoms with Crippen LogP contribution in [-0.4, -0.2) is 48.0 Å². The first-order valence-electron chi connectivity index (χ1n) is 9.88. The highest BCUT2D eigenvalue weighted by Gasteiger charge is 2.44. The van der Waals surface area contributed by atoms with E-state index in [1.165, 1.54) is 0 Å². The summed E-state index contributed by atoms with van der Waals surface area (Å²) in [5, 5.41) is 0. The van der Waals surface area contributed by atoms with Crippen LogP contribution < -0.4 is 0 Å². The summed E-state index contributed by atoms with van der Waals surface area (Å²) in [6.07, 6.45) is -0.927. The maximum atomic E-state index is 13.1. The number of imide groups is 1. The minimum absolute atomic E-state index is 0.0705. The second-order valence-electron chi connectivity index (χ2n) is 7.01. The van der Waals surface area contributed by atoms with Gasteiger partial charge in [0.05, 0.1) is 18.6 Å². The zero-order valence-corrected chi connectivity index (χ0v) is 17.5. The second kappa shape index (κ2) is 10.3. The van der Waals surface area contributed by atoms with Gasteiger partial charge in [-0.2, -0.15) is 0 Å². The fourth-order valence-corrected chi connectivity index (χ4v) is 3.93. The van der Waals surface area contributed by atoms with Crippen LogP contribution in [0.25, 0.3) is 0 Å². The molecule has 0 bridgehead atoms. The van der Waals surface area contributed by atoms with Crippen LogP contribution in [0, 0.1) is 5.92 Å². The molecule has 2 amide bonds. The average Bonchev–Trinajstić information content (AvgIpc) is 3.14. The molecule has 7 heteroatoms. The normalized spacial score (nSPS) is 17.0. The van der Waals surface area contributed by atoms with Gasteiger partial charge in [0.15, 0.2) is 0 Å². The first-order valence-corrected chi connectivity index (χ1v) is 10.4. The van der Waals surface area contributed by atoms with Gasteiger partial charge >= 0.3 is 12.1 Å². The Morgan fingerprint density at radius 1 is 1.10 bits per heavy atom. The van der Waals surface area contributed by atoms with Gasteiger partial charge in [0, 0.05) is 18.2 Å². The fourth-order valence-electron chi connectivity index (χ4n) is 3.70. The third kappa shape index (κ3) is 4.82. The van der Waals surface area contributed by atoms with Crippen molar-refractivity contribution in [1.82, 2.24) is 4.90 Å². The first-order chi connectivity index (χ1) is 14.6. The number of ether oxygens (including phenoxy) is 2. The molecule has 1 fully saturated rings. The molecular formula is C23H24ClNO5. The van der Waals surface area contributed by atoms with Gasteiger partial charge in [-0.3, -0.25) is 9.59 Å². The van der Waals surface area contributed by atoms with E-state index in [-0.39, 0.29) is 31.4 Å². The van der Waals surface area contributed by atoms with Crippen molar-refractivity contribution in [1.29, 1.82) is 0 Å². The van der Waals surface area contributed by atoms with E-state index < -0.39 is 29.9 Å². The summed E-state index contributed by atoms with van der Waals surface area (Å²) >= 11 is 5.89. The molecule has 1 aliphatic rings. The van der Waals surface area contributed by atoms with Crippen LogP contribution in [0.4, 0.5) is 4.79 Å². The monoisotopic (exact) mass is 429 g/mol. The van der Waals surface area contributed by atoms with Crippen LogP contribution in [0.1, 0.15) is 30.4 Å². The Hall–Kier alpha value is -2.86. The maximum Gasteiger partial charge on any atom is 0.417 e. The summed E-state index contributed by atoms with van der Waals surface area (Å²) in [6, 6.07) is 18.8. The highest BCUT2D eigenvalue weighted by Crippen LogP contribution is 2.34. The molecule has 0 aliphatic carbocycles. The van der Waals surface area contributed by atoms with E-state index in [0.29, 0.717) is 0 Å². The molecule has 1 heterocycles. The van der Waals surface area contributed by atoms with Gasteiger partial charge in [-0.15, -0.1) is 11.6 Å². The minimum Gasteiger partial charge on any atom is -0.466 e. The van der Waals surface area contributed by atoms with Gasteiger partial charge in [0.1, 0.15) is 6.61 Å². The van der Waals surface area contributed by atoms with Crippen LogP contribution >= 0.6 is 11.6 Å². The molecule has 6 nitrogen and oxygen atoms in total. The molecule has 2 atom stereocenters. The molecule has 0 unspecified atom stereocenters. The Kier molecular flexibility index (Phi) is 7.46. The topological polar surface area (TPSA) is 72.9 Å². The van der Waals surface area contributed by atoms with Crippen molar-refractivity contribution in [3.63, 3.8) is 0 Å². The standard InChI is InChI=1S/C23H24ClNO5/c1-2-29-22(27)18(14-24)13-20(26)25-19(15-30-23(25)28)21(16-9-5-3-6-10-16)17-11-7-4-8-12-17/h3-12,18-19,21H,2,13-15H2,1H3/t18-,19-/m0/s1. The Morgan fingerprint density at radius 2 is 1.67 bits per heavy atom. The molecule has 2 aromatic rings. The summed E-state index contributed by atoms with van der Waals surface area (Å²) in [7, 11) is 0. The van der Waals surface area contributed by atoms with E-state index in [0.717, 1.165) is 16.0 Å². The summed E-state index contributed by atoms with van der Waals surface area (Å²) in [6.45, 7) is 1.95. The third-order valence-electron chi connectivity index (χ3n) is 5.10. The summed E-state index contributed by atoms with van der Waals surface area (Å²) < 4.78 is 10.3. The number of hydrogen-bond donors (Lipinski definition) is 0. The molecule has 1 aliphatic heterocycles. The molecule has 0 saturated carbocycles. The molecule has 1 saturated heterocycles. The van der Waals surface area contributed by atoms with Gasteiger partial charge in [-0.1, -0.05) is 60.7 Å². The van der Waals surface area contributed by atoms with E-state index in [9.17, 15) is 14.4 Å². The van der Waals surface area contributed by atoms with Crippen LogP contribution in [-0.2, 0) is 19.1 Å². The number of nitrogens with zero attached hydrogens (tertiary/aromatic N) is 1. The number of carbonyl (C=O) groups is 3. The summed E-state index contributed by atoms with van der Waals surface area (Å²) in [4.78, 5) is 38.8. The Bertz CT molecular complexity index is 834. The van der Waals surface area contributed by atoms with E-state index in [1.54, 1.807) is 6.92 Å². The van der Waals surface area contributed by atoms with Crippen molar-refractivity contribution < 1.29 is 23.9 Å². The lowest BCUT2D eigenvalue weighted by Gasteiger charge is -2.29. The zero-order valence-electron chi connectivity index (χ0n) is 16.7. The van der Waals surface area contributed by atoms with E-state index in [2.05, 4.69) is 0 Å². The van der Waals surface area contributed by atoms with Crippen LogP contribution in [0.5, 0.6) is 0 Å². The van der Waals surface area contributed by atoms with Gasteiger partial charge < -0.3 is 9.47 Å². The van der Waals surface area contributed by atoms with Crippen molar-refractivity contribution in [3.8, 4) is 0 Å². The minimum atomic E-state index is -0.819. The van der Waals surface area contributed by atoms with Gasteiger partial charge in [-0.05, 0) is 18.1 Å². The Morgan fingerprint density at radius 3 is 2.17 bits per heavy atom. The van der Waals surface area contributed by atoms with Crippen molar-refractivity contribution in [3.05, 3.63) is 71.8 Å². The van der Waals surface area contributed by atoms with Crippen LogP contribution in [0.15, 0.2) is 60.7 Å². The summed E-state index contributed by atoms with van der Waals surface area (Å²) in [5.41, 5.74) is 1.92. The molecule has 0 spiro atoms.